The molecule has 1 rings (SSSR count). The monoisotopic (exact) mass is 261 g/mol. The summed E-state index contributed by atoms with van der Waals surface area (Å²) in [5.74, 6) is 0.176. The molecule has 0 fully saturated rings. The van der Waals surface area contributed by atoms with E-state index in [4.69, 9.17) is 16.3 Å². The minimum absolute atomic E-state index is 0.0971. The van der Waals surface area contributed by atoms with Crippen molar-refractivity contribution in [2.24, 2.45) is 4.40 Å². The topological polar surface area (TPSA) is 55.7 Å². The maximum absolute atomic E-state index is 11.8. The molecule has 0 N–H and O–H groups in total. The van der Waals surface area contributed by atoms with Crippen molar-refractivity contribution in [1.29, 1.82) is 0 Å². The average Bonchev–Trinajstić information content (AvgIpc) is 2.26. The fraction of sp³-hybridized carbons (Fsp3) is 0.300. The molecule has 0 heterocycles. The Bertz CT molecular complexity index is 473. The lowest BCUT2D eigenvalue weighted by Crippen LogP contribution is -2.05. The Morgan fingerprint density at radius 3 is 2.38 bits per heavy atom. The second kappa shape index (κ2) is 5.32. The van der Waals surface area contributed by atoms with Crippen molar-refractivity contribution in [2.75, 3.05) is 7.11 Å². The molecule has 0 saturated carbocycles. The molecule has 0 saturated heterocycles. The molecule has 0 radical (unpaired) electrons. The normalized spacial score (nSPS) is 12.6. The standard InChI is InChI=1S/C10H12ClNO3S/c1-3-10(15-2)12-16(13,14)9-6-4-8(11)5-7-9/h4-7H,3H2,1-2H3/b12-10-. The number of methoxy groups -OCH3 is 1. The number of benzene rings is 1. The molecule has 0 aliphatic heterocycles. The molecule has 0 aliphatic rings. The fourth-order valence-corrected chi connectivity index (χ4v) is 2.22. The predicted molar refractivity (Wildman–Crippen MR) is 63.4 cm³/mol. The molecule has 0 aliphatic carbocycles. The summed E-state index contributed by atoms with van der Waals surface area (Å²) in [6.07, 6.45) is 0.420. The van der Waals surface area contributed by atoms with Crippen molar-refractivity contribution in [3.63, 3.8) is 0 Å². The van der Waals surface area contributed by atoms with Crippen LogP contribution in [0.5, 0.6) is 0 Å². The van der Waals surface area contributed by atoms with Gasteiger partial charge in [-0.1, -0.05) is 18.5 Å². The maximum atomic E-state index is 11.8. The van der Waals surface area contributed by atoms with Gasteiger partial charge in [0.2, 0.25) is 0 Å². The molecule has 0 atom stereocenters. The van der Waals surface area contributed by atoms with Crippen LogP contribution in [-0.4, -0.2) is 21.4 Å². The van der Waals surface area contributed by atoms with Gasteiger partial charge in [-0.15, -0.1) is 4.40 Å². The van der Waals surface area contributed by atoms with Crippen molar-refractivity contribution in [1.82, 2.24) is 0 Å². The van der Waals surface area contributed by atoms with Gasteiger partial charge in [0.05, 0.1) is 12.0 Å². The van der Waals surface area contributed by atoms with Gasteiger partial charge in [0.25, 0.3) is 10.0 Å². The van der Waals surface area contributed by atoms with E-state index in [-0.39, 0.29) is 10.8 Å². The Balaban J connectivity index is 3.12. The highest BCUT2D eigenvalue weighted by atomic mass is 35.5. The number of nitrogens with zero attached hydrogens (tertiary/aromatic N) is 1. The zero-order chi connectivity index (χ0) is 12.2. The van der Waals surface area contributed by atoms with Gasteiger partial charge in [-0.05, 0) is 24.3 Å². The van der Waals surface area contributed by atoms with Gasteiger partial charge >= 0.3 is 0 Å². The van der Waals surface area contributed by atoms with Crippen molar-refractivity contribution >= 4 is 27.5 Å². The number of hydrogen-bond donors (Lipinski definition) is 0. The molecule has 0 amide bonds. The van der Waals surface area contributed by atoms with E-state index in [1.807, 2.05) is 0 Å². The quantitative estimate of drug-likeness (QED) is 0.620. The van der Waals surface area contributed by atoms with Crippen LogP contribution in [0.4, 0.5) is 0 Å². The van der Waals surface area contributed by atoms with Gasteiger partial charge < -0.3 is 4.74 Å². The molecule has 4 nitrogen and oxygen atoms in total. The Morgan fingerprint density at radius 2 is 1.94 bits per heavy atom. The van der Waals surface area contributed by atoms with Gasteiger partial charge in [-0.3, -0.25) is 0 Å². The van der Waals surface area contributed by atoms with E-state index in [9.17, 15) is 8.42 Å². The lowest BCUT2D eigenvalue weighted by atomic mass is 10.4. The number of rotatable bonds is 3. The zero-order valence-electron chi connectivity index (χ0n) is 8.97. The summed E-state index contributed by atoms with van der Waals surface area (Å²) in [7, 11) is -2.31. The maximum Gasteiger partial charge on any atom is 0.285 e. The van der Waals surface area contributed by atoms with E-state index < -0.39 is 10.0 Å². The molecule has 88 valence electrons. The van der Waals surface area contributed by atoms with Gasteiger partial charge in [-0.2, -0.15) is 8.42 Å². The van der Waals surface area contributed by atoms with Crippen LogP contribution in [0.25, 0.3) is 0 Å². The molecule has 1 aromatic carbocycles. The molecule has 16 heavy (non-hydrogen) atoms. The number of halogens is 1. The second-order valence-corrected chi connectivity index (χ2v) is 5.01. The Morgan fingerprint density at radius 1 is 1.38 bits per heavy atom. The van der Waals surface area contributed by atoms with Gasteiger partial charge in [0, 0.05) is 11.4 Å². The van der Waals surface area contributed by atoms with E-state index in [2.05, 4.69) is 4.40 Å². The third-order valence-electron chi connectivity index (χ3n) is 1.87. The lowest BCUT2D eigenvalue weighted by Gasteiger charge is -2.02. The summed E-state index contributed by atoms with van der Waals surface area (Å²) in [5.41, 5.74) is 0. The minimum Gasteiger partial charge on any atom is -0.484 e. The highest BCUT2D eigenvalue weighted by Gasteiger charge is 2.13. The van der Waals surface area contributed by atoms with Crippen LogP contribution in [0.3, 0.4) is 0 Å². The molecule has 0 spiro atoms. The van der Waals surface area contributed by atoms with Crippen LogP contribution in [-0.2, 0) is 14.8 Å². The first kappa shape index (κ1) is 13.0. The lowest BCUT2D eigenvalue weighted by molar-refractivity contribution is 0.393. The second-order valence-electron chi connectivity index (χ2n) is 2.97. The first-order valence-electron chi connectivity index (χ1n) is 4.63. The van der Waals surface area contributed by atoms with Gasteiger partial charge in [-0.25, -0.2) is 0 Å². The van der Waals surface area contributed by atoms with E-state index >= 15 is 0 Å². The van der Waals surface area contributed by atoms with Gasteiger partial charge in [0.1, 0.15) is 0 Å². The number of hydrogen-bond acceptors (Lipinski definition) is 3. The summed E-state index contributed by atoms with van der Waals surface area (Å²) in [4.78, 5) is 0.0971. The van der Waals surface area contributed by atoms with E-state index in [0.29, 0.717) is 11.4 Å². The van der Waals surface area contributed by atoms with Crippen LogP contribution in [0, 0.1) is 0 Å². The summed E-state index contributed by atoms with van der Waals surface area (Å²) in [5, 5.41) is 0.477. The van der Waals surface area contributed by atoms with Crippen LogP contribution in [0.1, 0.15) is 13.3 Å². The van der Waals surface area contributed by atoms with Crippen molar-refractivity contribution in [3.8, 4) is 0 Å². The van der Waals surface area contributed by atoms with E-state index in [1.54, 1.807) is 6.92 Å². The summed E-state index contributed by atoms with van der Waals surface area (Å²) < 4.78 is 31.9. The van der Waals surface area contributed by atoms with Crippen molar-refractivity contribution < 1.29 is 13.2 Å². The summed E-state index contributed by atoms with van der Waals surface area (Å²) >= 11 is 5.67. The highest BCUT2D eigenvalue weighted by Crippen LogP contribution is 2.16. The van der Waals surface area contributed by atoms with Gasteiger partial charge in [0.15, 0.2) is 5.90 Å². The third kappa shape index (κ3) is 3.21. The van der Waals surface area contributed by atoms with Crippen molar-refractivity contribution in [2.45, 2.75) is 18.2 Å². The Labute approximate surface area is 100.0 Å². The first-order valence-corrected chi connectivity index (χ1v) is 6.45. The average molecular weight is 262 g/mol. The fourth-order valence-electron chi connectivity index (χ4n) is 1.04. The smallest absolute Gasteiger partial charge is 0.285 e. The molecule has 0 bridgehead atoms. The van der Waals surface area contributed by atoms with Crippen LogP contribution in [0.15, 0.2) is 33.6 Å². The van der Waals surface area contributed by atoms with E-state index in [0.717, 1.165) is 0 Å². The van der Waals surface area contributed by atoms with Crippen molar-refractivity contribution in [3.05, 3.63) is 29.3 Å². The Kier molecular flexibility index (Phi) is 4.32. The molecular weight excluding hydrogens is 250 g/mol. The predicted octanol–water partition coefficient (Wildman–Crippen LogP) is 2.48. The highest BCUT2D eigenvalue weighted by molar-refractivity contribution is 7.90. The number of ether oxygens (including phenoxy) is 1. The molecule has 6 heteroatoms. The van der Waals surface area contributed by atoms with Crippen LogP contribution < -0.4 is 0 Å². The minimum atomic E-state index is -3.70. The van der Waals surface area contributed by atoms with Crippen LogP contribution >= 0.6 is 11.6 Å². The Hall–Kier alpha value is -1.07. The first-order chi connectivity index (χ1) is 7.49. The molecular formula is C10H12ClNO3S. The largest absolute Gasteiger partial charge is 0.484 e. The molecule has 1 aromatic rings. The number of sulfonamides is 1. The third-order valence-corrected chi connectivity index (χ3v) is 3.44. The molecule has 0 aromatic heterocycles. The SMILES string of the molecule is CC/C(=N/S(=O)(=O)c1ccc(Cl)cc1)OC. The van der Waals surface area contributed by atoms with Crippen LogP contribution in [0.2, 0.25) is 5.02 Å². The molecule has 0 unspecified atom stereocenters. The zero-order valence-corrected chi connectivity index (χ0v) is 10.5. The summed E-state index contributed by atoms with van der Waals surface area (Å²) in [6.45, 7) is 1.76. The van der Waals surface area contributed by atoms with E-state index in [1.165, 1.54) is 31.4 Å². The summed E-state index contributed by atoms with van der Waals surface area (Å²) in [6, 6.07) is 5.82.